The predicted octanol–water partition coefficient (Wildman–Crippen LogP) is 0.702. The second kappa shape index (κ2) is 5.07. The van der Waals surface area contributed by atoms with Gasteiger partial charge >= 0.3 is 0 Å². The van der Waals surface area contributed by atoms with Gasteiger partial charge in [-0.25, -0.2) is 9.50 Å². The Hall–Kier alpha value is -1.18. The van der Waals surface area contributed by atoms with E-state index in [1.807, 2.05) is 16.6 Å². The standard InChI is InChI=1S/C12H17BrN6/c1-17-4-6-18(7-5-17)11-3-2-10-15-9(8-14)12(13)19(10)16-11/h2-3H,4-8,14H2,1H3. The van der Waals surface area contributed by atoms with Crippen molar-refractivity contribution in [3.63, 3.8) is 0 Å². The van der Waals surface area contributed by atoms with E-state index < -0.39 is 0 Å². The van der Waals surface area contributed by atoms with Crippen LogP contribution in [0.3, 0.4) is 0 Å². The highest BCUT2D eigenvalue weighted by molar-refractivity contribution is 9.10. The zero-order chi connectivity index (χ0) is 13.4. The Kier molecular flexibility index (Phi) is 3.42. The molecule has 0 aliphatic carbocycles. The molecular formula is C12H17BrN6. The van der Waals surface area contributed by atoms with Crippen LogP contribution in [0.15, 0.2) is 16.7 Å². The SMILES string of the molecule is CN1CCN(c2ccc3nc(CN)c(Br)n3n2)CC1. The van der Waals surface area contributed by atoms with Crippen molar-refractivity contribution in [3.05, 3.63) is 22.4 Å². The molecule has 6 nitrogen and oxygen atoms in total. The number of anilines is 1. The number of nitrogens with two attached hydrogens (primary N) is 1. The molecule has 2 aromatic heterocycles. The fraction of sp³-hybridized carbons (Fsp3) is 0.500. The first-order valence-electron chi connectivity index (χ1n) is 6.37. The molecule has 0 spiro atoms. The minimum Gasteiger partial charge on any atom is -0.353 e. The molecular weight excluding hydrogens is 308 g/mol. The van der Waals surface area contributed by atoms with Crippen molar-refractivity contribution < 1.29 is 0 Å². The molecule has 2 N–H and O–H groups in total. The molecule has 0 radical (unpaired) electrons. The summed E-state index contributed by atoms with van der Waals surface area (Å²) in [6.07, 6.45) is 0. The number of fused-ring (bicyclic) bond motifs is 1. The van der Waals surface area contributed by atoms with Crippen LogP contribution in [0.1, 0.15) is 5.69 Å². The Labute approximate surface area is 120 Å². The summed E-state index contributed by atoms with van der Waals surface area (Å²) < 4.78 is 2.66. The Morgan fingerprint density at radius 1 is 1.26 bits per heavy atom. The Balaban J connectivity index is 1.95. The predicted molar refractivity (Wildman–Crippen MR) is 78.3 cm³/mol. The normalized spacial score (nSPS) is 17.3. The average Bonchev–Trinajstić information content (AvgIpc) is 2.76. The molecule has 19 heavy (non-hydrogen) atoms. The zero-order valence-corrected chi connectivity index (χ0v) is 12.5. The zero-order valence-electron chi connectivity index (χ0n) is 10.9. The Morgan fingerprint density at radius 2 is 2.00 bits per heavy atom. The van der Waals surface area contributed by atoms with Gasteiger partial charge in [0.1, 0.15) is 10.4 Å². The lowest BCUT2D eigenvalue weighted by Gasteiger charge is -2.33. The van der Waals surface area contributed by atoms with Gasteiger partial charge in [0.15, 0.2) is 5.65 Å². The van der Waals surface area contributed by atoms with Crippen LogP contribution in [-0.4, -0.2) is 52.7 Å². The lowest BCUT2D eigenvalue weighted by molar-refractivity contribution is 0.311. The summed E-state index contributed by atoms with van der Waals surface area (Å²) in [6, 6.07) is 4.02. The number of halogens is 1. The van der Waals surface area contributed by atoms with Gasteiger partial charge in [0.2, 0.25) is 0 Å². The Bertz CT molecular complexity index is 587. The van der Waals surface area contributed by atoms with E-state index in [0.717, 1.165) is 47.9 Å². The van der Waals surface area contributed by atoms with E-state index >= 15 is 0 Å². The fourth-order valence-electron chi connectivity index (χ4n) is 2.28. The number of aromatic nitrogens is 3. The highest BCUT2D eigenvalue weighted by Gasteiger charge is 2.17. The second-order valence-electron chi connectivity index (χ2n) is 4.81. The van der Waals surface area contributed by atoms with Crippen LogP contribution in [0.5, 0.6) is 0 Å². The van der Waals surface area contributed by atoms with Gasteiger partial charge in [-0.05, 0) is 35.1 Å². The number of rotatable bonds is 2. The molecule has 1 fully saturated rings. The highest BCUT2D eigenvalue weighted by atomic mass is 79.9. The topological polar surface area (TPSA) is 62.7 Å². The summed E-state index contributed by atoms with van der Waals surface area (Å²) in [6.45, 7) is 4.56. The molecule has 0 unspecified atom stereocenters. The monoisotopic (exact) mass is 324 g/mol. The Morgan fingerprint density at radius 3 is 2.68 bits per heavy atom. The van der Waals surface area contributed by atoms with Gasteiger partial charge in [0.25, 0.3) is 0 Å². The van der Waals surface area contributed by atoms with Crippen molar-refractivity contribution in [3.8, 4) is 0 Å². The molecule has 0 atom stereocenters. The fourth-order valence-corrected chi connectivity index (χ4v) is 2.79. The van der Waals surface area contributed by atoms with Crippen LogP contribution < -0.4 is 10.6 Å². The maximum atomic E-state index is 5.66. The molecule has 0 amide bonds. The third-order valence-electron chi connectivity index (χ3n) is 3.50. The molecule has 1 aliphatic heterocycles. The molecule has 7 heteroatoms. The van der Waals surface area contributed by atoms with Crippen LogP contribution in [0, 0.1) is 0 Å². The second-order valence-corrected chi connectivity index (χ2v) is 5.56. The van der Waals surface area contributed by atoms with Crippen LogP contribution >= 0.6 is 15.9 Å². The molecule has 0 aromatic carbocycles. The number of hydrogen-bond donors (Lipinski definition) is 1. The number of nitrogens with zero attached hydrogens (tertiary/aromatic N) is 5. The van der Waals surface area contributed by atoms with Gasteiger partial charge in [-0.2, -0.15) is 0 Å². The minimum atomic E-state index is 0.411. The van der Waals surface area contributed by atoms with Crippen LogP contribution in [0.4, 0.5) is 5.82 Å². The van der Waals surface area contributed by atoms with Gasteiger partial charge in [0, 0.05) is 32.7 Å². The van der Waals surface area contributed by atoms with Gasteiger partial charge in [0.05, 0.1) is 5.69 Å². The molecule has 1 aliphatic rings. The summed E-state index contributed by atoms with van der Waals surface area (Å²) in [5.41, 5.74) is 7.32. The molecule has 2 aromatic rings. The number of piperazine rings is 1. The van der Waals surface area contributed by atoms with Gasteiger partial charge in [-0.1, -0.05) is 0 Å². The number of hydrogen-bond acceptors (Lipinski definition) is 5. The number of imidazole rings is 1. The number of likely N-dealkylation sites (N-methyl/N-ethyl adjacent to an activating group) is 1. The van der Waals surface area contributed by atoms with Crippen molar-refractivity contribution in [2.45, 2.75) is 6.54 Å². The van der Waals surface area contributed by atoms with E-state index in [1.165, 1.54) is 0 Å². The van der Waals surface area contributed by atoms with Crippen molar-refractivity contribution in [2.75, 3.05) is 38.1 Å². The lowest BCUT2D eigenvalue weighted by Crippen LogP contribution is -2.44. The van der Waals surface area contributed by atoms with Crippen LogP contribution in [0.25, 0.3) is 5.65 Å². The molecule has 102 valence electrons. The molecule has 0 bridgehead atoms. The van der Waals surface area contributed by atoms with E-state index in [9.17, 15) is 0 Å². The van der Waals surface area contributed by atoms with Crippen molar-refractivity contribution in [1.29, 1.82) is 0 Å². The maximum absolute atomic E-state index is 5.66. The van der Waals surface area contributed by atoms with E-state index in [-0.39, 0.29) is 0 Å². The van der Waals surface area contributed by atoms with Crippen molar-refractivity contribution >= 4 is 27.4 Å². The van der Waals surface area contributed by atoms with E-state index in [1.54, 1.807) is 0 Å². The van der Waals surface area contributed by atoms with E-state index in [0.29, 0.717) is 6.54 Å². The molecule has 0 saturated carbocycles. The summed E-state index contributed by atoms with van der Waals surface area (Å²) >= 11 is 3.51. The minimum absolute atomic E-state index is 0.411. The summed E-state index contributed by atoms with van der Waals surface area (Å²) in [4.78, 5) is 9.06. The molecule has 1 saturated heterocycles. The summed E-state index contributed by atoms with van der Waals surface area (Å²) in [5.74, 6) is 0.988. The quantitative estimate of drug-likeness (QED) is 0.881. The highest BCUT2D eigenvalue weighted by Crippen LogP contribution is 2.20. The van der Waals surface area contributed by atoms with Crippen LogP contribution in [-0.2, 0) is 6.54 Å². The largest absolute Gasteiger partial charge is 0.353 e. The summed E-state index contributed by atoms with van der Waals surface area (Å²) in [5, 5.41) is 4.65. The summed E-state index contributed by atoms with van der Waals surface area (Å²) in [7, 11) is 2.15. The first kappa shape index (κ1) is 12.8. The van der Waals surface area contributed by atoms with Crippen LogP contribution in [0.2, 0.25) is 0 Å². The third kappa shape index (κ3) is 2.33. The smallest absolute Gasteiger partial charge is 0.155 e. The average molecular weight is 325 g/mol. The first-order chi connectivity index (χ1) is 9.19. The van der Waals surface area contributed by atoms with Gasteiger partial charge in [-0.3, -0.25) is 0 Å². The lowest BCUT2D eigenvalue weighted by atomic mass is 10.3. The van der Waals surface area contributed by atoms with Crippen molar-refractivity contribution in [1.82, 2.24) is 19.5 Å². The van der Waals surface area contributed by atoms with Gasteiger partial charge in [-0.15, -0.1) is 5.10 Å². The third-order valence-corrected chi connectivity index (χ3v) is 4.29. The van der Waals surface area contributed by atoms with Crippen molar-refractivity contribution in [2.24, 2.45) is 5.73 Å². The van der Waals surface area contributed by atoms with E-state index in [4.69, 9.17) is 5.73 Å². The maximum Gasteiger partial charge on any atom is 0.155 e. The first-order valence-corrected chi connectivity index (χ1v) is 7.16. The molecule has 3 rings (SSSR count). The van der Waals surface area contributed by atoms with Gasteiger partial charge < -0.3 is 15.5 Å². The molecule has 3 heterocycles. The van der Waals surface area contributed by atoms with E-state index in [2.05, 4.69) is 42.9 Å².